The summed E-state index contributed by atoms with van der Waals surface area (Å²) in [5.74, 6) is 1.31. The van der Waals surface area contributed by atoms with E-state index in [4.69, 9.17) is 4.52 Å². The molecule has 0 spiro atoms. The molecule has 2 aromatic carbocycles. The lowest BCUT2D eigenvalue weighted by molar-refractivity contribution is 0.379. The molecule has 1 N–H and O–H groups in total. The van der Waals surface area contributed by atoms with E-state index in [0.717, 1.165) is 12.0 Å². The Hall–Kier alpha value is -2.62. The molecule has 0 unspecified atom stereocenters. The van der Waals surface area contributed by atoms with Crippen molar-refractivity contribution in [1.82, 2.24) is 10.1 Å². The Morgan fingerprint density at radius 3 is 2.71 bits per heavy atom. The van der Waals surface area contributed by atoms with Gasteiger partial charge in [0.1, 0.15) is 5.75 Å². The molecule has 0 radical (unpaired) electrons. The summed E-state index contributed by atoms with van der Waals surface area (Å²) < 4.78 is 5.28. The predicted octanol–water partition coefficient (Wildman–Crippen LogP) is 3.54. The van der Waals surface area contributed by atoms with Gasteiger partial charge < -0.3 is 9.63 Å². The fourth-order valence-electron chi connectivity index (χ4n) is 2.25. The van der Waals surface area contributed by atoms with Crippen molar-refractivity contribution in [3.8, 4) is 17.1 Å². The second kappa shape index (κ2) is 5.79. The Bertz CT molecular complexity index is 750. The molecule has 3 aromatic rings. The van der Waals surface area contributed by atoms with Gasteiger partial charge in [-0.2, -0.15) is 4.98 Å². The lowest BCUT2D eigenvalue weighted by Crippen LogP contribution is -1.94. The number of hydrogen-bond donors (Lipinski definition) is 1. The van der Waals surface area contributed by atoms with Crippen LogP contribution in [0, 0.1) is 6.92 Å². The average Bonchev–Trinajstić information content (AvgIpc) is 2.95. The summed E-state index contributed by atoms with van der Waals surface area (Å²) in [4.78, 5) is 4.38. The molecule has 1 heterocycles. The number of benzene rings is 2. The normalized spacial score (nSPS) is 10.7. The molecule has 4 heteroatoms. The Morgan fingerprint density at radius 1 is 1.05 bits per heavy atom. The Balaban J connectivity index is 1.72. The average molecular weight is 280 g/mol. The summed E-state index contributed by atoms with van der Waals surface area (Å²) in [7, 11) is 0. The van der Waals surface area contributed by atoms with Crippen LogP contribution in [0.1, 0.15) is 17.0 Å². The minimum absolute atomic E-state index is 0.193. The van der Waals surface area contributed by atoms with Crippen LogP contribution in [0.2, 0.25) is 0 Å². The van der Waals surface area contributed by atoms with Crippen molar-refractivity contribution >= 4 is 0 Å². The van der Waals surface area contributed by atoms with Crippen LogP contribution in [-0.2, 0) is 12.8 Å². The summed E-state index contributed by atoms with van der Waals surface area (Å²) in [5, 5.41) is 13.4. The SMILES string of the molecule is Cc1ccccc1CCc1nc(-c2cccc(O)c2)no1. The van der Waals surface area contributed by atoms with E-state index in [-0.39, 0.29) is 5.75 Å². The third kappa shape index (κ3) is 3.11. The molecule has 0 fully saturated rings. The molecule has 0 aliphatic heterocycles. The number of phenols is 1. The van der Waals surface area contributed by atoms with Crippen LogP contribution in [0.3, 0.4) is 0 Å². The van der Waals surface area contributed by atoms with E-state index in [2.05, 4.69) is 29.2 Å². The van der Waals surface area contributed by atoms with Crippen molar-refractivity contribution in [3.05, 3.63) is 65.5 Å². The van der Waals surface area contributed by atoms with Gasteiger partial charge in [-0.25, -0.2) is 0 Å². The molecule has 106 valence electrons. The highest BCUT2D eigenvalue weighted by atomic mass is 16.5. The van der Waals surface area contributed by atoms with Crippen molar-refractivity contribution in [1.29, 1.82) is 0 Å². The van der Waals surface area contributed by atoms with Gasteiger partial charge in [-0.05, 0) is 36.6 Å². The highest BCUT2D eigenvalue weighted by molar-refractivity contribution is 5.56. The first kappa shape index (κ1) is 13.4. The lowest BCUT2D eigenvalue weighted by Gasteiger charge is -2.02. The minimum atomic E-state index is 0.193. The predicted molar refractivity (Wildman–Crippen MR) is 80.0 cm³/mol. The van der Waals surface area contributed by atoms with Gasteiger partial charge in [0.25, 0.3) is 0 Å². The maximum absolute atomic E-state index is 9.48. The second-order valence-electron chi connectivity index (χ2n) is 4.99. The maximum Gasteiger partial charge on any atom is 0.227 e. The van der Waals surface area contributed by atoms with Crippen molar-refractivity contribution in [2.45, 2.75) is 19.8 Å². The molecule has 4 nitrogen and oxygen atoms in total. The lowest BCUT2D eigenvalue weighted by atomic mass is 10.0. The van der Waals surface area contributed by atoms with E-state index < -0.39 is 0 Å². The molecule has 1 aromatic heterocycles. The van der Waals surface area contributed by atoms with Gasteiger partial charge in [0.05, 0.1) is 0 Å². The molecule has 0 saturated heterocycles. The Labute approximate surface area is 123 Å². The zero-order chi connectivity index (χ0) is 14.7. The first-order valence-corrected chi connectivity index (χ1v) is 6.89. The van der Waals surface area contributed by atoms with Gasteiger partial charge >= 0.3 is 0 Å². The fourth-order valence-corrected chi connectivity index (χ4v) is 2.25. The first-order valence-electron chi connectivity index (χ1n) is 6.89. The molecule has 0 amide bonds. The van der Waals surface area contributed by atoms with Crippen molar-refractivity contribution in [3.63, 3.8) is 0 Å². The molecule has 0 aliphatic rings. The second-order valence-corrected chi connectivity index (χ2v) is 4.99. The van der Waals surface area contributed by atoms with Crippen LogP contribution in [0.25, 0.3) is 11.4 Å². The number of hydrogen-bond acceptors (Lipinski definition) is 4. The minimum Gasteiger partial charge on any atom is -0.508 e. The molecular weight excluding hydrogens is 264 g/mol. The van der Waals surface area contributed by atoms with Crippen LogP contribution >= 0.6 is 0 Å². The number of rotatable bonds is 4. The third-order valence-corrected chi connectivity index (χ3v) is 3.44. The number of nitrogens with zero attached hydrogens (tertiary/aromatic N) is 2. The molecule has 21 heavy (non-hydrogen) atoms. The molecule has 0 aliphatic carbocycles. The third-order valence-electron chi connectivity index (χ3n) is 3.44. The first-order chi connectivity index (χ1) is 10.2. The summed E-state index contributed by atoms with van der Waals surface area (Å²) in [6.07, 6.45) is 1.57. The monoisotopic (exact) mass is 280 g/mol. The Kier molecular flexibility index (Phi) is 3.69. The summed E-state index contributed by atoms with van der Waals surface area (Å²) in [5.41, 5.74) is 3.31. The van der Waals surface area contributed by atoms with Gasteiger partial charge in [0, 0.05) is 12.0 Å². The quantitative estimate of drug-likeness (QED) is 0.794. The smallest absolute Gasteiger partial charge is 0.227 e. The van der Waals surface area contributed by atoms with Crippen molar-refractivity contribution < 1.29 is 9.63 Å². The summed E-state index contributed by atoms with van der Waals surface area (Å²) in [6, 6.07) is 15.1. The zero-order valence-corrected chi connectivity index (χ0v) is 11.8. The van der Waals surface area contributed by atoms with Crippen LogP contribution in [0.5, 0.6) is 5.75 Å². The van der Waals surface area contributed by atoms with Crippen molar-refractivity contribution in [2.24, 2.45) is 0 Å². The van der Waals surface area contributed by atoms with E-state index in [1.165, 1.54) is 11.1 Å². The Morgan fingerprint density at radius 2 is 1.90 bits per heavy atom. The highest BCUT2D eigenvalue weighted by Crippen LogP contribution is 2.21. The van der Waals surface area contributed by atoms with E-state index in [0.29, 0.717) is 18.1 Å². The van der Waals surface area contributed by atoms with Crippen LogP contribution in [0.4, 0.5) is 0 Å². The number of aromatic hydroxyl groups is 1. The zero-order valence-electron chi connectivity index (χ0n) is 11.8. The van der Waals surface area contributed by atoms with Gasteiger partial charge in [-0.1, -0.05) is 41.6 Å². The number of phenolic OH excluding ortho intramolecular Hbond substituents is 1. The topological polar surface area (TPSA) is 59.2 Å². The van der Waals surface area contributed by atoms with Gasteiger partial charge in [0.2, 0.25) is 11.7 Å². The van der Waals surface area contributed by atoms with E-state index in [1.54, 1.807) is 18.2 Å². The van der Waals surface area contributed by atoms with Gasteiger partial charge in [-0.3, -0.25) is 0 Å². The summed E-state index contributed by atoms with van der Waals surface area (Å²) >= 11 is 0. The number of aromatic nitrogens is 2. The van der Waals surface area contributed by atoms with Gasteiger partial charge in [-0.15, -0.1) is 0 Å². The van der Waals surface area contributed by atoms with Gasteiger partial charge in [0.15, 0.2) is 0 Å². The largest absolute Gasteiger partial charge is 0.508 e. The van der Waals surface area contributed by atoms with Crippen LogP contribution in [0.15, 0.2) is 53.1 Å². The highest BCUT2D eigenvalue weighted by Gasteiger charge is 2.09. The van der Waals surface area contributed by atoms with Crippen LogP contribution < -0.4 is 0 Å². The summed E-state index contributed by atoms with van der Waals surface area (Å²) in [6.45, 7) is 2.10. The number of aryl methyl sites for hydroxylation is 3. The molecule has 0 atom stereocenters. The standard InChI is InChI=1S/C17H16N2O2/c1-12-5-2-3-6-13(12)9-10-16-18-17(19-21-16)14-7-4-8-15(20)11-14/h2-8,11,20H,9-10H2,1H3. The van der Waals surface area contributed by atoms with E-state index in [1.807, 2.05) is 18.2 Å². The van der Waals surface area contributed by atoms with E-state index in [9.17, 15) is 5.11 Å². The van der Waals surface area contributed by atoms with Crippen LogP contribution in [-0.4, -0.2) is 15.2 Å². The molecule has 3 rings (SSSR count). The molecular formula is C17H16N2O2. The molecule has 0 bridgehead atoms. The molecule has 0 saturated carbocycles. The van der Waals surface area contributed by atoms with Crippen molar-refractivity contribution in [2.75, 3.05) is 0 Å². The maximum atomic E-state index is 9.48. The van der Waals surface area contributed by atoms with E-state index >= 15 is 0 Å². The fraction of sp³-hybridized carbons (Fsp3) is 0.176.